The number of carbonyl (C=O) groups excluding carboxylic acids is 1. The molecule has 0 heterocycles. The first-order valence-corrected chi connectivity index (χ1v) is 7.55. The molecule has 0 saturated heterocycles. The molecule has 0 aliphatic carbocycles. The number of aryl methyl sites for hydroxylation is 1. The van der Waals surface area contributed by atoms with Gasteiger partial charge < -0.3 is 4.74 Å². The summed E-state index contributed by atoms with van der Waals surface area (Å²) in [7, 11) is 0. The van der Waals surface area contributed by atoms with Gasteiger partial charge in [0.15, 0.2) is 5.78 Å². The molecular weight excluding hydrogens is 260 g/mol. The zero-order valence-electron chi connectivity index (χ0n) is 11.9. The number of rotatable bonds is 9. The summed E-state index contributed by atoms with van der Waals surface area (Å²) < 4.78 is 5.77. The molecule has 106 valence electrons. The van der Waals surface area contributed by atoms with Crippen LogP contribution in [0, 0.1) is 6.92 Å². The van der Waals surface area contributed by atoms with Crippen molar-refractivity contribution in [2.24, 2.45) is 0 Å². The lowest BCUT2D eigenvalue weighted by atomic mass is 10.1. The summed E-state index contributed by atoms with van der Waals surface area (Å²) in [6, 6.07) is 5.71. The molecule has 0 aliphatic rings. The van der Waals surface area contributed by atoms with Crippen LogP contribution in [0.3, 0.4) is 0 Å². The Morgan fingerprint density at radius 3 is 2.74 bits per heavy atom. The van der Waals surface area contributed by atoms with Crippen molar-refractivity contribution < 1.29 is 9.53 Å². The molecule has 0 radical (unpaired) electrons. The van der Waals surface area contributed by atoms with E-state index in [4.69, 9.17) is 16.3 Å². The molecule has 19 heavy (non-hydrogen) atoms. The van der Waals surface area contributed by atoms with Gasteiger partial charge in [0.05, 0.1) is 12.2 Å². The van der Waals surface area contributed by atoms with Crippen molar-refractivity contribution in [2.75, 3.05) is 12.5 Å². The third-order valence-electron chi connectivity index (χ3n) is 3.01. The van der Waals surface area contributed by atoms with Gasteiger partial charge in [-0.1, -0.05) is 32.3 Å². The van der Waals surface area contributed by atoms with Crippen molar-refractivity contribution in [2.45, 2.75) is 46.0 Å². The molecule has 1 aromatic rings. The van der Waals surface area contributed by atoms with Gasteiger partial charge in [-0.2, -0.15) is 0 Å². The number of unbranched alkanes of at least 4 members (excludes halogenated alkanes) is 3. The van der Waals surface area contributed by atoms with Crippen LogP contribution in [0.4, 0.5) is 0 Å². The summed E-state index contributed by atoms with van der Waals surface area (Å²) in [5, 5.41) is 0. The highest BCUT2D eigenvalue weighted by Crippen LogP contribution is 2.22. The minimum absolute atomic E-state index is 0.0542. The van der Waals surface area contributed by atoms with Crippen LogP contribution < -0.4 is 4.74 Å². The van der Waals surface area contributed by atoms with E-state index in [1.54, 1.807) is 0 Å². The Labute approximate surface area is 121 Å². The van der Waals surface area contributed by atoms with E-state index in [0.717, 1.165) is 12.0 Å². The summed E-state index contributed by atoms with van der Waals surface area (Å²) in [4.78, 5) is 11.9. The molecule has 0 aliphatic heterocycles. The second-order valence-corrected chi connectivity index (χ2v) is 5.15. The van der Waals surface area contributed by atoms with Gasteiger partial charge in [0.2, 0.25) is 0 Å². The minimum Gasteiger partial charge on any atom is -0.493 e. The Bertz CT molecular complexity index is 402. The minimum atomic E-state index is 0.0542. The highest BCUT2D eigenvalue weighted by molar-refractivity contribution is 6.19. The molecule has 0 unspecified atom stereocenters. The molecule has 0 amide bonds. The van der Waals surface area contributed by atoms with Crippen LogP contribution in [-0.4, -0.2) is 18.3 Å². The van der Waals surface area contributed by atoms with Gasteiger partial charge in [-0.05, 0) is 31.0 Å². The molecule has 3 heteroatoms. The molecule has 1 aromatic carbocycles. The zero-order chi connectivity index (χ0) is 14.1. The van der Waals surface area contributed by atoms with Gasteiger partial charge in [-0.25, -0.2) is 0 Å². The maximum atomic E-state index is 11.9. The van der Waals surface area contributed by atoms with E-state index >= 15 is 0 Å². The standard InChI is InChI=1S/C16H23ClO2/c1-3-4-5-6-11-19-16-12-13(2)7-8-14(16)15(18)9-10-17/h7-8,12H,3-6,9-11H2,1-2H3. The van der Waals surface area contributed by atoms with Crippen LogP contribution in [-0.2, 0) is 0 Å². The predicted molar refractivity (Wildman–Crippen MR) is 80.5 cm³/mol. The number of carbonyl (C=O) groups is 1. The van der Waals surface area contributed by atoms with Gasteiger partial charge in [0.25, 0.3) is 0 Å². The van der Waals surface area contributed by atoms with Crippen molar-refractivity contribution in [3.63, 3.8) is 0 Å². The van der Waals surface area contributed by atoms with Crippen LogP contribution in [0.15, 0.2) is 18.2 Å². The van der Waals surface area contributed by atoms with Gasteiger partial charge in [-0.15, -0.1) is 11.6 Å². The van der Waals surface area contributed by atoms with Gasteiger partial charge in [0.1, 0.15) is 5.75 Å². The first kappa shape index (κ1) is 16.0. The number of ketones is 1. The fourth-order valence-electron chi connectivity index (χ4n) is 1.91. The Morgan fingerprint density at radius 2 is 2.05 bits per heavy atom. The first-order chi connectivity index (χ1) is 9.19. The molecule has 1 rings (SSSR count). The summed E-state index contributed by atoms with van der Waals surface area (Å²) in [6.45, 7) is 4.86. The third-order valence-corrected chi connectivity index (χ3v) is 3.20. The van der Waals surface area contributed by atoms with Crippen molar-refractivity contribution in [1.29, 1.82) is 0 Å². The Balaban J connectivity index is 2.63. The lowest BCUT2D eigenvalue weighted by molar-refractivity contribution is 0.0985. The predicted octanol–water partition coefficient (Wildman–Crippen LogP) is 4.77. The molecule has 0 spiro atoms. The van der Waals surface area contributed by atoms with E-state index in [2.05, 4.69) is 6.92 Å². The van der Waals surface area contributed by atoms with Crippen molar-refractivity contribution in [1.82, 2.24) is 0 Å². The summed E-state index contributed by atoms with van der Waals surface area (Å²) in [5.41, 5.74) is 1.76. The lowest BCUT2D eigenvalue weighted by Gasteiger charge is -2.11. The molecular formula is C16H23ClO2. The van der Waals surface area contributed by atoms with Crippen LogP contribution in [0.2, 0.25) is 0 Å². The van der Waals surface area contributed by atoms with E-state index in [1.165, 1.54) is 19.3 Å². The summed E-state index contributed by atoms with van der Waals surface area (Å²) >= 11 is 5.63. The molecule has 0 saturated carbocycles. The molecule has 0 N–H and O–H groups in total. The quantitative estimate of drug-likeness (QED) is 0.371. The largest absolute Gasteiger partial charge is 0.493 e. The van der Waals surface area contributed by atoms with Crippen LogP contribution in [0.25, 0.3) is 0 Å². The number of Topliss-reactive ketones (excluding diaryl/α,β-unsaturated/α-hetero) is 1. The second kappa shape index (κ2) is 8.98. The van der Waals surface area contributed by atoms with Gasteiger partial charge >= 0.3 is 0 Å². The van der Waals surface area contributed by atoms with E-state index in [1.807, 2.05) is 25.1 Å². The molecule has 0 bridgehead atoms. The topological polar surface area (TPSA) is 26.3 Å². The van der Waals surface area contributed by atoms with Crippen molar-refractivity contribution in [3.8, 4) is 5.75 Å². The maximum Gasteiger partial charge on any atom is 0.167 e. The van der Waals surface area contributed by atoms with Crippen LogP contribution in [0.5, 0.6) is 5.75 Å². The molecule has 0 aromatic heterocycles. The van der Waals surface area contributed by atoms with Crippen molar-refractivity contribution in [3.05, 3.63) is 29.3 Å². The fraction of sp³-hybridized carbons (Fsp3) is 0.562. The Hall–Kier alpha value is -1.02. The lowest BCUT2D eigenvalue weighted by Crippen LogP contribution is -2.06. The molecule has 0 atom stereocenters. The Kier molecular flexibility index (Phi) is 7.57. The number of halogens is 1. The molecule has 0 fully saturated rings. The van der Waals surface area contributed by atoms with Gasteiger partial charge in [0, 0.05) is 12.3 Å². The number of ether oxygens (including phenoxy) is 1. The average molecular weight is 283 g/mol. The Morgan fingerprint density at radius 1 is 1.26 bits per heavy atom. The smallest absolute Gasteiger partial charge is 0.167 e. The number of hydrogen-bond donors (Lipinski definition) is 0. The van der Waals surface area contributed by atoms with Crippen LogP contribution >= 0.6 is 11.6 Å². The summed E-state index contributed by atoms with van der Waals surface area (Å²) in [6.07, 6.45) is 5.01. The van der Waals surface area contributed by atoms with E-state index in [9.17, 15) is 4.79 Å². The summed E-state index contributed by atoms with van der Waals surface area (Å²) in [5.74, 6) is 1.10. The maximum absolute atomic E-state index is 11.9. The van der Waals surface area contributed by atoms with E-state index < -0.39 is 0 Å². The molecule has 2 nitrogen and oxygen atoms in total. The number of alkyl halides is 1. The fourth-order valence-corrected chi connectivity index (χ4v) is 2.08. The van der Waals surface area contributed by atoms with E-state index in [0.29, 0.717) is 30.2 Å². The third kappa shape index (κ3) is 5.65. The second-order valence-electron chi connectivity index (χ2n) is 4.77. The van der Waals surface area contributed by atoms with Crippen molar-refractivity contribution >= 4 is 17.4 Å². The first-order valence-electron chi connectivity index (χ1n) is 7.01. The van der Waals surface area contributed by atoms with E-state index in [-0.39, 0.29) is 5.78 Å². The highest BCUT2D eigenvalue weighted by Gasteiger charge is 2.12. The van der Waals surface area contributed by atoms with Gasteiger partial charge in [-0.3, -0.25) is 4.79 Å². The normalized spacial score (nSPS) is 10.5. The van der Waals surface area contributed by atoms with Crippen LogP contribution in [0.1, 0.15) is 54.9 Å². The SMILES string of the molecule is CCCCCCOc1cc(C)ccc1C(=O)CCCl. The number of benzene rings is 1. The monoisotopic (exact) mass is 282 g/mol. The average Bonchev–Trinajstić information content (AvgIpc) is 2.39. The number of hydrogen-bond acceptors (Lipinski definition) is 2. The zero-order valence-corrected chi connectivity index (χ0v) is 12.6. The highest BCUT2D eigenvalue weighted by atomic mass is 35.5.